The molecule has 0 aliphatic rings. The fourth-order valence-corrected chi connectivity index (χ4v) is 5.26. The van der Waals surface area contributed by atoms with Gasteiger partial charge in [0, 0.05) is 0 Å². The van der Waals surface area contributed by atoms with Gasteiger partial charge in [-0.05, 0) is 87.9 Å². The number of hydrogen-bond donors (Lipinski definition) is 0. The van der Waals surface area contributed by atoms with Crippen molar-refractivity contribution >= 4 is 64.6 Å². The Hall–Kier alpha value is -4.42. The van der Waals surface area contributed by atoms with Crippen molar-refractivity contribution in [1.82, 2.24) is 0 Å². The zero-order valence-electron chi connectivity index (χ0n) is 26.9. The van der Waals surface area contributed by atoms with Gasteiger partial charge in [0.25, 0.3) is 0 Å². The summed E-state index contributed by atoms with van der Waals surface area (Å²) in [5.41, 5.74) is 0.849. The molecule has 0 bridgehead atoms. The fourth-order valence-electron chi connectivity index (χ4n) is 5.26. The molecule has 0 unspecified atom stereocenters. The van der Waals surface area contributed by atoms with Crippen LogP contribution in [0.5, 0.6) is 0 Å². The van der Waals surface area contributed by atoms with E-state index in [0.717, 1.165) is 32.3 Å². The molecule has 0 saturated carbocycles. The average Bonchev–Trinajstić information content (AvgIpc) is 3.01. The van der Waals surface area contributed by atoms with E-state index in [-0.39, 0.29) is 68.1 Å². The molecule has 8 aromatic rings. The summed E-state index contributed by atoms with van der Waals surface area (Å²) in [7, 11) is 0. The molecule has 0 N–H and O–H groups in total. The lowest BCUT2D eigenvalue weighted by atomic mass is 9.88. The third-order valence-electron chi connectivity index (χ3n) is 6.83. The Kier molecular flexibility index (Phi) is 2.24. The van der Waals surface area contributed by atoms with Crippen LogP contribution in [0.3, 0.4) is 0 Å². The molecule has 0 radical (unpaired) electrons. The summed E-state index contributed by atoms with van der Waals surface area (Å²) in [6, 6.07) is 18.8. The van der Waals surface area contributed by atoms with Crippen molar-refractivity contribution in [3.63, 3.8) is 0 Å². The van der Waals surface area contributed by atoms with Crippen LogP contribution < -0.4 is 0 Å². The second-order valence-electron chi connectivity index (χ2n) is 8.64. The molecule has 0 heterocycles. The molecule has 8 rings (SSSR count). The lowest BCUT2D eigenvalue weighted by Gasteiger charge is -2.16. The van der Waals surface area contributed by atoms with Crippen LogP contribution in [0.15, 0.2) is 121 Å². The van der Waals surface area contributed by atoms with Crippen molar-refractivity contribution in [3.05, 3.63) is 121 Å². The molecule has 0 aromatic heterocycles. The predicted molar refractivity (Wildman–Crippen MR) is 148 cm³/mol. The summed E-state index contributed by atoms with van der Waals surface area (Å²) in [5, 5.41) is 6.31. The Morgan fingerprint density at radius 1 is 0.382 bits per heavy atom. The predicted octanol–water partition coefficient (Wildman–Crippen LogP) is 9.71. The molecule has 34 heavy (non-hydrogen) atoms. The van der Waals surface area contributed by atoms with Crippen LogP contribution in [-0.2, 0) is 0 Å². The van der Waals surface area contributed by atoms with Crippen LogP contribution in [0.1, 0.15) is 12.3 Å². The van der Waals surface area contributed by atoms with E-state index in [1.165, 1.54) is 0 Å². The third kappa shape index (κ3) is 2.37. The van der Waals surface area contributed by atoms with Gasteiger partial charge in [0.15, 0.2) is 0 Å². The normalized spacial score (nSPS) is 15.8. The van der Waals surface area contributed by atoms with Crippen LogP contribution in [0.25, 0.3) is 75.8 Å². The quantitative estimate of drug-likeness (QED) is 0.177. The number of fused-ring (bicyclic) bond motifs is 4. The molecule has 0 atom stereocenters. The highest BCUT2D eigenvalue weighted by Gasteiger charge is 2.14. The first-order valence-electron chi connectivity index (χ1n) is 15.6. The molecule has 0 heteroatoms. The first kappa shape index (κ1) is 11.6. The SMILES string of the molecule is [2H]c1c([2H])c2c([2H])c([2H])c3c([2H])c([2H])c(-c4cccc5cc6ccc7ccccc7c6cc45)c4c([2H])c([2H])c(c1[2H])c2c34. The van der Waals surface area contributed by atoms with Crippen molar-refractivity contribution in [3.8, 4) is 11.1 Å². The number of hydrogen-bond acceptors (Lipinski definition) is 0. The second-order valence-corrected chi connectivity index (χ2v) is 8.64. The smallest absolute Gasteiger partial charge is 0.0616 e. The van der Waals surface area contributed by atoms with Crippen LogP contribution in [0.4, 0.5) is 0 Å². The van der Waals surface area contributed by atoms with Crippen LogP contribution in [-0.4, -0.2) is 0 Å². The van der Waals surface area contributed by atoms with Crippen LogP contribution in [0, 0.1) is 0 Å². The minimum atomic E-state index is -0.479. The molecule has 0 aliphatic heterocycles. The summed E-state index contributed by atoms with van der Waals surface area (Å²) < 4.78 is 79.4. The van der Waals surface area contributed by atoms with Crippen LogP contribution >= 0.6 is 0 Å². The van der Waals surface area contributed by atoms with E-state index in [2.05, 4.69) is 30.3 Å². The van der Waals surface area contributed by atoms with E-state index in [9.17, 15) is 1.37 Å². The number of rotatable bonds is 1. The maximum atomic E-state index is 9.20. The van der Waals surface area contributed by atoms with Gasteiger partial charge in [0.05, 0.1) is 12.3 Å². The van der Waals surface area contributed by atoms with Gasteiger partial charge in [0.2, 0.25) is 0 Å². The summed E-state index contributed by atoms with van der Waals surface area (Å²) in [6.45, 7) is 0. The first-order chi connectivity index (χ1) is 20.6. The maximum Gasteiger partial charge on any atom is 0.0630 e. The standard InChI is InChI=1S/C34H20/c1-2-9-27-21(5-1)11-14-26-19-25-8-4-10-28(32(25)20-31(26)27)29-17-15-24-13-12-22-6-3-7-23-16-18-30(29)34(24)33(22)23/h1-20H/i3D,6D,7D,12D,13D,15D,16D,17D,18D. The molecular weight excluding hydrogens is 408 g/mol. The van der Waals surface area contributed by atoms with Crippen molar-refractivity contribution in [1.29, 1.82) is 0 Å². The van der Waals surface area contributed by atoms with E-state index in [1.54, 1.807) is 0 Å². The topological polar surface area (TPSA) is 0 Å². The lowest BCUT2D eigenvalue weighted by molar-refractivity contribution is 1.72. The van der Waals surface area contributed by atoms with Gasteiger partial charge < -0.3 is 0 Å². The summed E-state index contributed by atoms with van der Waals surface area (Å²) >= 11 is 0. The summed E-state index contributed by atoms with van der Waals surface area (Å²) in [4.78, 5) is 0. The van der Waals surface area contributed by atoms with Gasteiger partial charge in [-0.1, -0.05) is 109 Å². The van der Waals surface area contributed by atoms with E-state index in [0.29, 0.717) is 5.56 Å². The van der Waals surface area contributed by atoms with Crippen molar-refractivity contribution < 1.29 is 12.3 Å². The monoisotopic (exact) mass is 437 g/mol. The largest absolute Gasteiger partial charge is 0.0630 e. The van der Waals surface area contributed by atoms with E-state index >= 15 is 0 Å². The molecule has 156 valence electrons. The Labute approximate surface area is 209 Å². The van der Waals surface area contributed by atoms with Gasteiger partial charge in [-0.15, -0.1) is 0 Å². The van der Waals surface area contributed by atoms with E-state index in [4.69, 9.17) is 11.0 Å². The van der Waals surface area contributed by atoms with Crippen molar-refractivity contribution in [2.75, 3.05) is 0 Å². The highest BCUT2D eigenvalue weighted by Crippen LogP contribution is 2.42. The molecule has 0 saturated heterocycles. The van der Waals surface area contributed by atoms with Gasteiger partial charge in [-0.2, -0.15) is 0 Å². The molecule has 0 nitrogen and oxygen atoms in total. The molecule has 0 amide bonds. The van der Waals surface area contributed by atoms with Crippen LogP contribution in [0.2, 0.25) is 0 Å². The highest BCUT2D eigenvalue weighted by molar-refractivity contribution is 6.26. The molecule has 0 aliphatic carbocycles. The Balaban J connectivity index is 1.64. The zero-order valence-corrected chi connectivity index (χ0v) is 17.9. The van der Waals surface area contributed by atoms with Gasteiger partial charge >= 0.3 is 0 Å². The maximum absolute atomic E-state index is 9.20. The van der Waals surface area contributed by atoms with E-state index in [1.807, 2.05) is 36.4 Å². The molecular formula is C34H20. The Bertz CT molecular complexity index is 2530. The molecule has 0 fully saturated rings. The lowest BCUT2D eigenvalue weighted by Crippen LogP contribution is -1.88. The average molecular weight is 438 g/mol. The minimum Gasteiger partial charge on any atom is -0.0616 e. The molecule has 0 spiro atoms. The van der Waals surface area contributed by atoms with Crippen molar-refractivity contribution in [2.24, 2.45) is 0 Å². The summed E-state index contributed by atoms with van der Waals surface area (Å²) in [6.07, 6.45) is 0. The summed E-state index contributed by atoms with van der Waals surface area (Å²) in [5.74, 6) is 0. The zero-order chi connectivity index (χ0) is 30.1. The van der Waals surface area contributed by atoms with Gasteiger partial charge in [-0.3, -0.25) is 0 Å². The van der Waals surface area contributed by atoms with Crippen molar-refractivity contribution in [2.45, 2.75) is 0 Å². The Morgan fingerprint density at radius 2 is 1.09 bits per heavy atom. The van der Waals surface area contributed by atoms with Gasteiger partial charge in [-0.25, -0.2) is 0 Å². The van der Waals surface area contributed by atoms with Gasteiger partial charge in [0.1, 0.15) is 0 Å². The highest BCUT2D eigenvalue weighted by atomic mass is 14.2. The minimum absolute atomic E-state index is 0.0204. The first-order valence-corrected chi connectivity index (χ1v) is 11.1. The fraction of sp³-hybridized carbons (Fsp3) is 0. The second kappa shape index (κ2) is 6.56. The third-order valence-corrected chi connectivity index (χ3v) is 6.83. The Morgan fingerprint density at radius 3 is 2.00 bits per heavy atom. The molecule has 8 aromatic carbocycles. The number of benzene rings is 8. The van der Waals surface area contributed by atoms with E-state index < -0.39 is 24.2 Å².